The molecule has 2 rings (SSSR count). The van der Waals surface area contributed by atoms with E-state index in [-0.39, 0.29) is 12.5 Å². The molecule has 2 aromatic rings. The van der Waals surface area contributed by atoms with E-state index in [4.69, 9.17) is 4.74 Å². The highest BCUT2D eigenvalue weighted by molar-refractivity contribution is 5.91. The number of benzene rings is 1. The Balaban J connectivity index is 1.82. The van der Waals surface area contributed by atoms with Crippen LogP contribution in [-0.4, -0.2) is 34.8 Å². The third-order valence-corrected chi connectivity index (χ3v) is 3.62. The maximum Gasteiger partial charge on any atom is 0.338 e. The van der Waals surface area contributed by atoms with Gasteiger partial charge in [-0.25, -0.2) is 9.48 Å². The first-order chi connectivity index (χ1) is 11.6. The highest BCUT2D eigenvalue weighted by atomic mass is 16.5. The average molecular weight is 329 g/mol. The number of amides is 1. The number of unbranched alkanes of at least 4 members (excludes halogenated alkanes) is 2. The van der Waals surface area contributed by atoms with Crippen LogP contribution in [0.2, 0.25) is 0 Å². The fourth-order valence-corrected chi connectivity index (χ4v) is 2.25. The first kappa shape index (κ1) is 17.7. The monoisotopic (exact) mass is 329 g/mol. The van der Waals surface area contributed by atoms with Crippen LogP contribution in [0, 0.1) is 6.92 Å². The molecular formula is C18H23N3O3. The maximum atomic E-state index is 12.0. The third-order valence-electron chi connectivity index (χ3n) is 3.62. The van der Waals surface area contributed by atoms with Gasteiger partial charge < -0.3 is 10.1 Å². The Hall–Kier alpha value is -2.63. The molecule has 0 unspecified atom stereocenters. The van der Waals surface area contributed by atoms with Gasteiger partial charge in [0.05, 0.1) is 11.3 Å². The van der Waals surface area contributed by atoms with Gasteiger partial charge in [-0.1, -0.05) is 19.8 Å². The molecule has 1 heterocycles. The molecule has 0 atom stereocenters. The second kappa shape index (κ2) is 8.86. The van der Waals surface area contributed by atoms with Crippen molar-refractivity contribution in [2.24, 2.45) is 0 Å². The third kappa shape index (κ3) is 4.94. The van der Waals surface area contributed by atoms with Gasteiger partial charge in [0.1, 0.15) is 0 Å². The number of aromatic nitrogens is 2. The summed E-state index contributed by atoms with van der Waals surface area (Å²) in [5.74, 6) is -0.786. The summed E-state index contributed by atoms with van der Waals surface area (Å²) in [6, 6.07) is 8.82. The average Bonchev–Trinajstić information content (AvgIpc) is 3.03. The van der Waals surface area contributed by atoms with E-state index in [1.54, 1.807) is 35.1 Å². The van der Waals surface area contributed by atoms with Gasteiger partial charge in [-0.15, -0.1) is 0 Å². The minimum absolute atomic E-state index is 0.259. The Morgan fingerprint density at radius 2 is 1.92 bits per heavy atom. The Kier molecular flexibility index (Phi) is 6.54. The molecule has 0 fully saturated rings. The molecule has 1 aromatic carbocycles. The zero-order valence-corrected chi connectivity index (χ0v) is 14.1. The summed E-state index contributed by atoms with van der Waals surface area (Å²) in [6.45, 7) is 4.41. The molecule has 0 aliphatic rings. The molecule has 6 nitrogen and oxygen atoms in total. The number of hydrogen-bond acceptors (Lipinski definition) is 4. The molecular weight excluding hydrogens is 306 g/mol. The van der Waals surface area contributed by atoms with Gasteiger partial charge in [0.2, 0.25) is 0 Å². The lowest BCUT2D eigenvalue weighted by Crippen LogP contribution is -2.29. The molecule has 0 aliphatic carbocycles. The van der Waals surface area contributed by atoms with Crippen molar-refractivity contribution in [3.63, 3.8) is 0 Å². The van der Waals surface area contributed by atoms with Gasteiger partial charge in [-0.2, -0.15) is 5.10 Å². The number of hydrogen-bond donors (Lipinski definition) is 1. The molecule has 1 N–H and O–H groups in total. The summed E-state index contributed by atoms with van der Waals surface area (Å²) in [7, 11) is 0. The zero-order valence-electron chi connectivity index (χ0n) is 14.1. The number of nitrogens with one attached hydrogen (secondary N) is 1. The van der Waals surface area contributed by atoms with E-state index in [9.17, 15) is 9.59 Å². The van der Waals surface area contributed by atoms with Crippen LogP contribution in [0.3, 0.4) is 0 Å². The smallest absolute Gasteiger partial charge is 0.338 e. The zero-order chi connectivity index (χ0) is 17.4. The number of nitrogens with zero attached hydrogens (tertiary/aromatic N) is 2. The van der Waals surface area contributed by atoms with Gasteiger partial charge in [0.25, 0.3) is 5.91 Å². The Bertz CT molecular complexity index is 677. The van der Waals surface area contributed by atoms with Crippen LogP contribution < -0.4 is 5.32 Å². The Morgan fingerprint density at radius 3 is 2.54 bits per heavy atom. The predicted octanol–water partition coefficient (Wildman–Crippen LogP) is 2.64. The van der Waals surface area contributed by atoms with Gasteiger partial charge in [0.15, 0.2) is 6.61 Å². The molecule has 0 saturated carbocycles. The molecule has 0 bridgehead atoms. The summed E-state index contributed by atoms with van der Waals surface area (Å²) in [6.07, 6.45) is 4.82. The van der Waals surface area contributed by atoms with E-state index >= 15 is 0 Å². The summed E-state index contributed by atoms with van der Waals surface area (Å²) in [4.78, 5) is 23.6. The molecule has 1 aromatic heterocycles. The lowest BCUT2D eigenvalue weighted by Gasteiger charge is -2.08. The van der Waals surface area contributed by atoms with Crippen LogP contribution in [0.5, 0.6) is 0 Å². The highest BCUT2D eigenvalue weighted by Crippen LogP contribution is 2.12. The van der Waals surface area contributed by atoms with Crippen molar-refractivity contribution >= 4 is 11.9 Å². The summed E-state index contributed by atoms with van der Waals surface area (Å²) in [5.41, 5.74) is 2.27. The molecule has 0 saturated heterocycles. The number of ether oxygens (including phenoxy) is 1. The van der Waals surface area contributed by atoms with Gasteiger partial charge in [-0.3, -0.25) is 4.79 Å². The molecule has 6 heteroatoms. The number of esters is 1. The van der Waals surface area contributed by atoms with E-state index in [0.29, 0.717) is 12.1 Å². The molecule has 1 amide bonds. The normalized spacial score (nSPS) is 10.4. The topological polar surface area (TPSA) is 73.2 Å². The quantitative estimate of drug-likeness (QED) is 0.597. The minimum atomic E-state index is -0.512. The fourth-order valence-electron chi connectivity index (χ4n) is 2.25. The predicted molar refractivity (Wildman–Crippen MR) is 91.1 cm³/mol. The largest absolute Gasteiger partial charge is 0.452 e. The van der Waals surface area contributed by atoms with E-state index in [2.05, 4.69) is 17.3 Å². The summed E-state index contributed by atoms with van der Waals surface area (Å²) >= 11 is 0. The number of carbonyl (C=O) groups is 2. The van der Waals surface area contributed by atoms with E-state index < -0.39 is 5.97 Å². The molecule has 0 aliphatic heterocycles. The van der Waals surface area contributed by atoms with Crippen LogP contribution in [0.25, 0.3) is 5.69 Å². The molecule has 128 valence electrons. The first-order valence-electron chi connectivity index (χ1n) is 8.16. The van der Waals surface area contributed by atoms with Crippen LogP contribution in [0.4, 0.5) is 0 Å². The van der Waals surface area contributed by atoms with Crippen molar-refractivity contribution in [2.75, 3.05) is 13.2 Å². The standard InChI is InChI=1S/C18H23N3O3/c1-3-4-5-11-19-17(22)13-24-18(23)15-6-8-16(9-7-15)21-14(2)10-12-20-21/h6-10,12H,3-5,11,13H2,1-2H3,(H,19,22). The molecule has 24 heavy (non-hydrogen) atoms. The summed E-state index contributed by atoms with van der Waals surface area (Å²) in [5, 5.41) is 6.94. The molecule has 0 spiro atoms. The molecule has 0 radical (unpaired) electrons. The fraction of sp³-hybridized carbons (Fsp3) is 0.389. The van der Waals surface area contributed by atoms with Crippen molar-refractivity contribution in [3.05, 3.63) is 47.8 Å². The van der Waals surface area contributed by atoms with E-state index in [1.165, 1.54) is 0 Å². The SMILES string of the molecule is CCCCCNC(=O)COC(=O)c1ccc(-n2nccc2C)cc1. The van der Waals surface area contributed by atoms with Crippen molar-refractivity contribution in [2.45, 2.75) is 33.1 Å². The van der Waals surface area contributed by atoms with E-state index in [0.717, 1.165) is 30.6 Å². The van der Waals surface area contributed by atoms with Gasteiger partial charge >= 0.3 is 5.97 Å². The van der Waals surface area contributed by atoms with Crippen molar-refractivity contribution < 1.29 is 14.3 Å². The van der Waals surface area contributed by atoms with Crippen LogP contribution >= 0.6 is 0 Å². The number of aryl methyl sites for hydroxylation is 1. The Morgan fingerprint density at radius 1 is 1.17 bits per heavy atom. The summed E-state index contributed by atoms with van der Waals surface area (Å²) < 4.78 is 6.80. The lowest BCUT2D eigenvalue weighted by atomic mass is 10.2. The van der Waals surface area contributed by atoms with Gasteiger partial charge in [0, 0.05) is 18.4 Å². The second-order valence-electron chi connectivity index (χ2n) is 5.56. The van der Waals surface area contributed by atoms with Crippen LogP contribution in [-0.2, 0) is 9.53 Å². The first-order valence-corrected chi connectivity index (χ1v) is 8.16. The van der Waals surface area contributed by atoms with Crippen LogP contribution in [0.15, 0.2) is 36.5 Å². The van der Waals surface area contributed by atoms with Crippen LogP contribution in [0.1, 0.15) is 42.2 Å². The van der Waals surface area contributed by atoms with Crippen molar-refractivity contribution in [3.8, 4) is 5.69 Å². The second-order valence-corrected chi connectivity index (χ2v) is 5.56. The van der Waals surface area contributed by atoms with E-state index in [1.807, 2.05) is 13.0 Å². The lowest BCUT2D eigenvalue weighted by molar-refractivity contribution is -0.124. The minimum Gasteiger partial charge on any atom is -0.452 e. The van der Waals surface area contributed by atoms with Gasteiger partial charge in [-0.05, 0) is 43.7 Å². The van der Waals surface area contributed by atoms with Crippen molar-refractivity contribution in [1.29, 1.82) is 0 Å². The van der Waals surface area contributed by atoms with Crippen molar-refractivity contribution in [1.82, 2.24) is 15.1 Å². The Labute approximate surface area is 141 Å². The number of carbonyl (C=O) groups excluding carboxylic acids is 2. The highest BCUT2D eigenvalue weighted by Gasteiger charge is 2.10. The maximum absolute atomic E-state index is 12.0. The number of rotatable bonds is 8.